The van der Waals surface area contributed by atoms with Gasteiger partial charge in [0.25, 0.3) is 0 Å². The average Bonchev–Trinajstić information content (AvgIpc) is 2.86. The van der Waals surface area contributed by atoms with Gasteiger partial charge in [0.15, 0.2) is 0 Å². The summed E-state index contributed by atoms with van der Waals surface area (Å²) in [5.74, 6) is 0. The first-order valence-corrected chi connectivity index (χ1v) is 7.28. The molecule has 0 aliphatic rings. The number of hydrogen-bond acceptors (Lipinski definition) is 2. The van der Waals surface area contributed by atoms with Gasteiger partial charge in [-0.2, -0.15) is 0 Å². The van der Waals surface area contributed by atoms with Crippen molar-refractivity contribution < 1.29 is 20.1 Å². The van der Waals surface area contributed by atoms with Gasteiger partial charge in [0.1, 0.15) is 0 Å². The molecule has 3 heteroatoms. The summed E-state index contributed by atoms with van der Waals surface area (Å²) in [7, 11) is 0. The van der Waals surface area contributed by atoms with Crippen LogP contribution in [-0.2, 0) is 25.5 Å². The van der Waals surface area contributed by atoms with Crippen LogP contribution < -0.4 is 0 Å². The van der Waals surface area contributed by atoms with Crippen LogP contribution in [0, 0.1) is 6.07 Å². The number of hydrogen-bond donors (Lipinski definition) is 0. The van der Waals surface area contributed by atoms with E-state index in [-0.39, 0.29) is 32.9 Å². The fourth-order valence-electron chi connectivity index (χ4n) is 2.15. The number of thiophene rings is 1. The van der Waals surface area contributed by atoms with Gasteiger partial charge in [-0.25, -0.2) is 0 Å². The van der Waals surface area contributed by atoms with Gasteiger partial charge < -0.3 is 4.98 Å². The Hall–Kier alpha value is -1.02. The van der Waals surface area contributed by atoms with Gasteiger partial charge in [0, 0.05) is 31.0 Å². The van der Waals surface area contributed by atoms with Gasteiger partial charge >= 0.3 is 0 Å². The predicted octanol–water partition coefficient (Wildman–Crippen LogP) is 5.69. The van der Waals surface area contributed by atoms with E-state index < -0.39 is 0 Å². The predicted molar refractivity (Wildman–Crippen MR) is 89.3 cm³/mol. The Labute approximate surface area is 144 Å². The second kappa shape index (κ2) is 6.83. The SMILES string of the molecule is C.CC(C)(C)c1c[c-]c(-c2nccc3sccc23)cc1.[Ir]. The first-order chi connectivity index (χ1) is 9.05. The maximum Gasteiger partial charge on any atom is 0.0286 e. The summed E-state index contributed by atoms with van der Waals surface area (Å²) in [6.45, 7) is 6.65. The largest absolute Gasteiger partial charge is 0.304 e. The second-order valence-corrected chi connectivity index (χ2v) is 6.68. The zero-order chi connectivity index (χ0) is 13.5. The molecule has 1 aromatic carbocycles. The summed E-state index contributed by atoms with van der Waals surface area (Å²) >= 11 is 1.75. The Bertz CT molecular complexity index is 708. The van der Waals surface area contributed by atoms with Crippen molar-refractivity contribution in [2.45, 2.75) is 33.6 Å². The summed E-state index contributed by atoms with van der Waals surface area (Å²) in [5, 5.41) is 3.33. The number of benzene rings is 1. The minimum absolute atomic E-state index is 0. The first-order valence-electron chi connectivity index (χ1n) is 6.40. The number of rotatable bonds is 1. The molecule has 21 heavy (non-hydrogen) atoms. The van der Waals surface area contributed by atoms with Gasteiger partial charge in [-0.3, -0.25) is 0 Å². The molecule has 0 bridgehead atoms. The molecule has 2 aromatic heterocycles. The van der Waals surface area contributed by atoms with Crippen molar-refractivity contribution in [2.75, 3.05) is 0 Å². The van der Waals surface area contributed by atoms with Crippen LogP contribution in [0.25, 0.3) is 21.3 Å². The van der Waals surface area contributed by atoms with E-state index in [1.54, 1.807) is 11.3 Å². The van der Waals surface area contributed by atoms with Crippen LogP contribution in [0.2, 0.25) is 0 Å². The molecular weight excluding hydrogens is 454 g/mol. The standard InChI is InChI=1S/C17H16NS.CH4.Ir/c1-17(2,3)13-6-4-12(5-7-13)16-14-9-11-19-15(14)8-10-18-16;;/h4,6-11H,1-3H3;1H4;/q-1;;. The molecule has 0 N–H and O–H groups in total. The van der Waals surface area contributed by atoms with Crippen molar-refractivity contribution in [3.8, 4) is 11.3 Å². The molecule has 3 aromatic rings. The van der Waals surface area contributed by atoms with Crippen molar-refractivity contribution >= 4 is 21.4 Å². The number of pyridine rings is 1. The third-order valence-electron chi connectivity index (χ3n) is 3.31. The van der Waals surface area contributed by atoms with E-state index in [1.165, 1.54) is 15.6 Å². The van der Waals surface area contributed by atoms with E-state index in [1.807, 2.05) is 6.20 Å². The number of fused-ring (bicyclic) bond motifs is 1. The van der Waals surface area contributed by atoms with Crippen LogP contribution in [0.3, 0.4) is 0 Å². The Morgan fingerprint density at radius 1 is 1.10 bits per heavy atom. The molecule has 0 saturated heterocycles. The summed E-state index contributed by atoms with van der Waals surface area (Å²) < 4.78 is 1.28. The maximum atomic E-state index is 4.52. The Balaban J connectivity index is 0.00000110. The molecule has 0 aliphatic carbocycles. The van der Waals surface area contributed by atoms with Crippen LogP contribution in [0.1, 0.15) is 33.8 Å². The van der Waals surface area contributed by atoms with Crippen LogP contribution in [-0.4, -0.2) is 4.98 Å². The summed E-state index contributed by atoms with van der Waals surface area (Å²) in [6, 6.07) is 14.0. The zero-order valence-electron chi connectivity index (χ0n) is 11.7. The minimum Gasteiger partial charge on any atom is -0.304 e. The van der Waals surface area contributed by atoms with Gasteiger partial charge in [0.2, 0.25) is 0 Å². The van der Waals surface area contributed by atoms with Crippen LogP contribution in [0.4, 0.5) is 0 Å². The van der Waals surface area contributed by atoms with E-state index in [9.17, 15) is 0 Å². The second-order valence-electron chi connectivity index (χ2n) is 5.73. The monoisotopic (exact) mass is 475 g/mol. The molecule has 0 aliphatic heterocycles. The third-order valence-corrected chi connectivity index (χ3v) is 4.20. The topological polar surface area (TPSA) is 12.9 Å². The van der Waals surface area contributed by atoms with Crippen molar-refractivity contribution in [2.24, 2.45) is 0 Å². The summed E-state index contributed by atoms with van der Waals surface area (Å²) in [6.07, 6.45) is 1.87. The molecule has 0 amide bonds. The average molecular weight is 475 g/mol. The Morgan fingerprint density at radius 3 is 2.48 bits per heavy atom. The first kappa shape index (κ1) is 18.0. The molecule has 3 rings (SSSR count). The molecule has 0 atom stereocenters. The fraction of sp³-hybridized carbons (Fsp3) is 0.278. The molecule has 0 unspecified atom stereocenters. The minimum atomic E-state index is 0. The van der Waals surface area contributed by atoms with Gasteiger partial charge in [-0.15, -0.1) is 46.7 Å². The van der Waals surface area contributed by atoms with E-state index in [0.717, 1.165) is 11.3 Å². The van der Waals surface area contributed by atoms with E-state index >= 15 is 0 Å². The number of aromatic nitrogens is 1. The van der Waals surface area contributed by atoms with Crippen LogP contribution >= 0.6 is 11.3 Å². The molecule has 0 saturated carbocycles. The smallest absolute Gasteiger partial charge is 0.0286 e. The molecule has 1 nitrogen and oxygen atoms in total. The molecule has 0 fully saturated rings. The van der Waals surface area contributed by atoms with E-state index in [2.05, 4.69) is 67.5 Å². The van der Waals surface area contributed by atoms with Crippen LogP contribution in [0.15, 0.2) is 41.9 Å². The summed E-state index contributed by atoms with van der Waals surface area (Å²) in [5.41, 5.74) is 3.56. The molecule has 2 heterocycles. The normalized spacial score (nSPS) is 10.8. The molecule has 1 radical (unpaired) electrons. The van der Waals surface area contributed by atoms with E-state index in [4.69, 9.17) is 0 Å². The van der Waals surface area contributed by atoms with E-state index in [0.29, 0.717) is 0 Å². The van der Waals surface area contributed by atoms with Crippen molar-refractivity contribution in [3.05, 3.63) is 53.5 Å². The van der Waals surface area contributed by atoms with Gasteiger partial charge in [-0.05, 0) is 27.9 Å². The Kier molecular flexibility index (Phi) is 5.86. The molecule has 0 spiro atoms. The molecular formula is C18H20IrNS-. The van der Waals surface area contributed by atoms with Crippen LogP contribution in [0.5, 0.6) is 0 Å². The van der Waals surface area contributed by atoms with Gasteiger partial charge in [0.05, 0.1) is 0 Å². The van der Waals surface area contributed by atoms with Crippen molar-refractivity contribution in [1.82, 2.24) is 4.98 Å². The third kappa shape index (κ3) is 3.60. The number of nitrogens with zero attached hydrogens (tertiary/aromatic N) is 1. The van der Waals surface area contributed by atoms with Crippen molar-refractivity contribution in [1.29, 1.82) is 0 Å². The maximum absolute atomic E-state index is 4.52. The zero-order valence-corrected chi connectivity index (χ0v) is 14.9. The van der Waals surface area contributed by atoms with Gasteiger partial charge in [-0.1, -0.05) is 34.3 Å². The fourth-order valence-corrected chi connectivity index (χ4v) is 2.93. The molecule has 113 valence electrons. The summed E-state index contributed by atoms with van der Waals surface area (Å²) in [4.78, 5) is 4.52. The Morgan fingerprint density at radius 2 is 1.86 bits per heavy atom. The quantitative estimate of drug-likeness (QED) is 0.413. The van der Waals surface area contributed by atoms with Crippen molar-refractivity contribution in [3.63, 3.8) is 0 Å².